The van der Waals surface area contributed by atoms with Crippen molar-refractivity contribution in [1.29, 1.82) is 0 Å². The molecule has 1 heterocycles. The number of carbonyl (C=O) groups excluding carboxylic acids is 1. The number of pyridine rings is 1. The summed E-state index contributed by atoms with van der Waals surface area (Å²) in [6, 6.07) is 10.0. The van der Waals surface area contributed by atoms with E-state index in [2.05, 4.69) is 30.2 Å². The molecule has 1 amide bonds. The van der Waals surface area contributed by atoms with Crippen molar-refractivity contribution in [3.8, 4) is 11.6 Å². The van der Waals surface area contributed by atoms with Gasteiger partial charge in [-0.05, 0) is 61.4 Å². The number of carbonyl (C=O) groups is 1. The molecule has 3 rings (SSSR count). The highest BCUT2D eigenvalue weighted by molar-refractivity contribution is 5.92. The number of ether oxygens (including phenoxy) is 1. The minimum Gasteiger partial charge on any atom is -0.439 e. The van der Waals surface area contributed by atoms with E-state index in [9.17, 15) is 4.79 Å². The third-order valence-corrected chi connectivity index (χ3v) is 4.83. The molecule has 1 aromatic carbocycles. The number of primary amides is 1. The molecule has 1 atom stereocenters. The summed E-state index contributed by atoms with van der Waals surface area (Å²) in [6.45, 7) is 5.58. The van der Waals surface area contributed by atoms with Crippen molar-refractivity contribution in [2.45, 2.75) is 45.6 Å². The normalized spacial score (nSPS) is 16.3. The molecular formula is C21H27N3O2. The smallest absolute Gasteiger partial charge is 0.250 e. The van der Waals surface area contributed by atoms with Crippen LogP contribution in [0.15, 0.2) is 36.5 Å². The second-order valence-corrected chi connectivity index (χ2v) is 7.32. The lowest BCUT2D eigenvalue weighted by atomic mass is 9.87. The Morgan fingerprint density at radius 3 is 2.88 bits per heavy atom. The van der Waals surface area contributed by atoms with E-state index in [4.69, 9.17) is 10.5 Å². The summed E-state index contributed by atoms with van der Waals surface area (Å²) >= 11 is 0. The molecule has 0 saturated heterocycles. The van der Waals surface area contributed by atoms with Gasteiger partial charge >= 0.3 is 0 Å². The lowest BCUT2D eigenvalue weighted by Gasteiger charge is -2.27. The van der Waals surface area contributed by atoms with Crippen LogP contribution in [-0.4, -0.2) is 23.5 Å². The molecule has 1 unspecified atom stereocenters. The third-order valence-electron chi connectivity index (χ3n) is 4.83. The van der Waals surface area contributed by atoms with Gasteiger partial charge < -0.3 is 15.8 Å². The second-order valence-electron chi connectivity index (χ2n) is 7.32. The average molecular weight is 353 g/mol. The van der Waals surface area contributed by atoms with E-state index >= 15 is 0 Å². The fourth-order valence-corrected chi connectivity index (χ4v) is 3.32. The van der Waals surface area contributed by atoms with Gasteiger partial charge in [0.25, 0.3) is 0 Å². The number of hydrogen-bond donors (Lipinski definition) is 2. The zero-order chi connectivity index (χ0) is 18.5. The van der Waals surface area contributed by atoms with E-state index in [0.29, 0.717) is 17.5 Å². The molecule has 2 aromatic rings. The number of rotatable bonds is 7. The predicted octanol–water partition coefficient (Wildman–Crippen LogP) is 3.47. The molecule has 0 bridgehead atoms. The summed E-state index contributed by atoms with van der Waals surface area (Å²) in [5, 5.41) is 3.68. The number of amides is 1. The van der Waals surface area contributed by atoms with E-state index in [1.165, 1.54) is 23.7 Å². The SMILES string of the molecule is CC(C)CCNC1CCc2c(cccc2Oc2ccc(C(N)=O)cn2)C1. The van der Waals surface area contributed by atoms with Crippen LogP contribution in [0.1, 0.15) is 48.2 Å². The van der Waals surface area contributed by atoms with Crippen molar-refractivity contribution in [2.75, 3.05) is 6.54 Å². The van der Waals surface area contributed by atoms with Gasteiger partial charge in [-0.2, -0.15) is 0 Å². The molecule has 138 valence electrons. The van der Waals surface area contributed by atoms with Crippen molar-refractivity contribution in [3.05, 3.63) is 53.2 Å². The Hall–Kier alpha value is -2.40. The summed E-state index contributed by atoms with van der Waals surface area (Å²) < 4.78 is 5.98. The minimum atomic E-state index is -0.489. The van der Waals surface area contributed by atoms with E-state index in [0.717, 1.165) is 37.5 Å². The fraction of sp³-hybridized carbons (Fsp3) is 0.429. The van der Waals surface area contributed by atoms with Crippen LogP contribution in [0, 0.1) is 5.92 Å². The molecule has 0 fully saturated rings. The Morgan fingerprint density at radius 1 is 1.35 bits per heavy atom. The lowest BCUT2D eigenvalue weighted by Crippen LogP contribution is -2.35. The van der Waals surface area contributed by atoms with Gasteiger partial charge in [0.05, 0.1) is 5.56 Å². The van der Waals surface area contributed by atoms with Crippen molar-refractivity contribution >= 4 is 5.91 Å². The molecule has 26 heavy (non-hydrogen) atoms. The highest BCUT2D eigenvalue weighted by Gasteiger charge is 2.21. The van der Waals surface area contributed by atoms with Gasteiger partial charge in [-0.1, -0.05) is 26.0 Å². The van der Waals surface area contributed by atoms with E-state index < -0.39 is 5.91 Å². The predicted molar refractivity (Wildman–Crippen MR) is 103 cm³/mol. The standard InChI is InChI=1S/C21H27N3O2/c1-14(2)10-11-23-17-7-8-18-15(12-17)4-3-5-19(18)26-20-9-6-16(13-24-20)21(22)25/h3-6,9,13-14,17,23H,7-8,10-12H2,1-2H3,(H2,22,25). The van der Waals surface area contributed by atoms with Crippen LogP contribution in [0.2, 0.25) is 0 Å². The zero-order valence-corrected chi connectivity index (χ0v) is 15.5. The Morgan fingerprint density at radius 2 is 2.19 bits per heavy atom. The van der Waals surface area contributed by atoms with Crippen LogP contribution in [0.25, 0.3) is 0 Å². The fourth-order valence-electron chi connectivity index (χ4n) is 3.32. The maximum Gasteiger partial charge on any atom is 0.250 e. The molecule has 1 aromatic heterocycles. The number of aromatic nitrogens is 1. The third kappa shape index (κ3) is 4.61. The summed E-state index contributed by atoms with van der Waals surface area (Å²) in [5.74, 6) is 1.56. The van der Waals surface area contributed by atoms with Crippen LogP contribution in [0.4, 0.5) is 0 Å². The first-order chi connectivity index (χ1) is 12.5. The van der Waals surface area contributed by atoms with E-state index in [1.807, 2.05) is 12.1 Å². The molecule has 0 aliphatic heterocycles. The number of nitrogens with zero attached hydrogens (tertiary/aromatic N) is 1. The van der Waals surface area contributed by atoms with E-state index in [1.54, 1.807) is 12.1 Å². The van der Waals surface area contributed by atoms with Gasteiger partial charge in [0.15, 0.2) is 0 Å². The summed E-state index contributed by atoms with van der Waals surface area (Å²) in [7, 11) is 0. The molecule has 5 heteroatoms. The molecule has 5 nitrogen and oxygen atoms in total. The molecule has 1 aliphatic rings. The average Bonchev–Trinajstić information content (AvgIpc) is 2.62. The van der Waals surface area contributed by atoms with Gasteiger partial charge in [-0.15, -0.1) is 0 Å². The van der Waals surface area contributed by atoms with Gasteiger partial charge in [-0.25, -0.2) is 4.98 Å². The molecule has 0 spiro atoms. The summed E-state index contributed by atoms with van der Waals surface area (Å²) in [6.07, 6.45) is 5.78. The van der Waals surface area contributed by atoms with Crippen LogP contribution in [-0.2, 0) is 12.8 Å². The van der Waals surface area contributed by atoms with Crippen molar-refractivity contribution in [3.63, 3.8) is 0 Å². The number of nitrogens with one attached hydrogen (secondary N) is 1. The molecular weight excluding hydrogens is 326 g/mol. The first-order valence-corrected chi connectivity index (χ1v) is 9.31. The number of benzene rings is 1. The summed E-state index contributed by atoms with van der Waals surface area (Å²) in [4.78, 5) is 15.3. The Kier molecular flexibility index (Phi) is 5.89. The Labute approximate surface area is 155 Å². The van der Waals surface area contributed by atoms with Crippen molar-refractivity contribution < 1.29 is 9.53 Å². The first-order valence-electron chi connectivity index (χ1n) is 9.31. The summed E-state index contributed by atoms with van der Waals surface area (Å²) in [5.41, 5.74) is 8.22. The largest absolute Gasteiger partial charge is 0.439 e. The minimum absolute atomic E-state index is 0.378. The van der Waals surface area contributed by atoms with Gasteiger partial charge in [0.1, 0.15) is 5.75 Å². The Bertz CT molecular complexity index is 756. The number of fused-ring (bicyclic) bond motifs is 1. The zero-order valence-electron chi connectivity index (χ0n) is 15.5. The Balaban J connectivity index is 1.67. The van der Waals surface area contributed by atoms with Gasteiger partial charge in [-0.3, -0.25) is 4.79 Å². The van der Waals surface area contributed by atoms with Crippen molar-refractivity contribution in [2.24, 2.45) is 11.7 Å². The molecule has 1 aliphatic carbocycles. The number of hydrogen-bond acceptors (Lipinski definition) is 4. The van der Waals surface area contributed by atoms with Gasteiger partial charge in [0.2, 0.25) is 11.8 Å². The van der Waals surface area contributed by atoms with Crippen LogP contribution >= 0.6 is 0 Å². The highest BCUT2D eigenvalue weighted by Crippen LogP contribution is 2.32. The van der Waals surface area contributed by atoms with Crippen LogP contribution < -0.4 is 15.8 Å². The first kappa shape index (κ1) is 18.4. The monoisotopic (exact) mass is 353 g/mol. The van der Waals surface area contributed by atoms with Crippen LogP contribution in [0.3, 0.4) is 0 Å². The van der Waals surface area contributed by atoms with Crippen LogP contribution in [0.5, 0.6) is 11.6 Å². The lowest BCUT2D eigenvalue weighted by molar-refractivity contribution is 0.1000. The topological polar surface area (TPSA) is 77.2 Å². The second kappa shape index (κ2) is 8.32. The maximum absolute atomic E-state index is 11.1. The van der Waals surface area contributed by atoms with E-state index in [-0.39, 0.29) is 0 Å². The quantitative estimate of drug-likeness (QED) is 0.799. The molecule has 3 N–H and O–H groups in total. The van der Waals surface area contributed by atoms with Gasteiger partial charge in [0, 0.05) is 18.3 Å². The van der Waals surface area contributed by atoms with Crippen molar-refractivity contribution in [1.82, 2.24) is 10.3 Å². The molecule has 0 radical (unpaired) electrons. The maximum atomic E-state index is 11.1. The molecule has 0 saturated carbocycles. The highest BCUT2D eigenvalue weighted by atomic mass is 16.5. The number of nitrogens with two attached hydrogens (primary N) is 1.